The topological polar surface area (TPSA) is 46.3 Å². The van der Waals surface area contributed by atoms with E-state index in [2.05, 4.69) is 27.7 Å². The summed E-state index contributed by atoms with van der Waals surface area (Å²) in [5.41, 5.74) is 8.13. The average molecular weight is 290 g/mol. The molecule has 1 aromatic rings. The number of hydrogen-bond acceptors (Lipinski definition) is 2. The Balaban J connectivity index is 2.50. The van der Waals surface area contributed by atoms with Gasteiger partial charge < -0.3 is 10.6 Å². The van der Waals surface area contributed by atoms with Crippen LogP contribution >= 0.6 is 0 Å². The molecular formula is C18H30N2O. The Morgan fingerprint density at radius 1 is 1.19 bits per heavy atom. The van der Waals surface area contributed by atoms with E-state index in [1.807, 2.05) is 36.2 Å². The van der Waals surface area contributed by atoms with Gasteiger partial charge in [-0.25, -0.2) is 0 Å². The summed E-state index contributed by atoms with van der Waals surface area (Å²) in [6.45, 7) is 10.0. The third-order valence-corrected chi connectivity index (χ3v) is 3.59. The number of nitrogens with two attached hydrogens (primary N) is 1. The van der Waals surface area contributed by atoms with Crippen molar-refractivity contribution in [2.45, 2.75) is 53.6 Å². The molecule has 3 heteroatoms. The Kier molecular flexibility index (Phi) is 6.41. The average Bonchev–Trinajstić information content (AvgIpc) is 2.37. The highest BCUT2D eigenvalue weighted by Gasteiger charge is 2.19. The minimum Gasteiger partial charge on any atom is -0.341 e. The first kappa shape index (κ1) is 17.7. The van der Waals surface area contributed by atoms with E-state index < -0.39 is 0 Å². The molecule has 0 spiro atoms. The largest absolute Gasteiger partial charge is 0.341 e. The highest BCUT2D eigenvalue weighted by molar-refractivity contribution is 5.76. The molecule has 118 valence electrons. The zero-order chi connectivity index (χ0) is 16.0. The van der Waals surface area contributed by atoms with Crippen LogP contribution in [-0.2, 0) is 17.9 Å². The summed E-state index contributed by atoms with van der Waals surface area (Å²) in [5, 5.41) is 0. The molecule has 0 heterocycles. The predicted molar refractivity (Wildman–Crippen MR) is 88.7 cm³/mol. The van der Waals surface area contributed by atoms with Crippen LogP contribution in [0.3, 0.4) is 0 Å². The maximum Gasteiger partial charge on any atom is 0.222 e. The van der Waals surface area contributed by atoms with Gasteiger partial charge in [0.2, 0.25) is 5.91 Å². The molecule has 3 nitrogen and oxygen atoms in total. The summed E-state index contributed by atoms with van der Waals surface area (Å²) in [5.74, 6) is 0.634. The van der Waals surface area contributed by atoms with E-state index >= 15 is 0 Å². The van der Waals surface area contributed by atoms with Gasteiger partial charge in [-0.1, -0.05) is 52.0 Å². The molecular weight excluding hydrogens is 260 g/mol. The van der Waals surface area contributed by atoms with E-state index in [-0.39, 0.29) is 11.3 Å². The van der Waals surface area contributed by atoms with Crippen LogP contribution in [-0.4, -0.2) is 17.9 Å². The van der Waals surface area contributed by atoms with Gasteiger partial charge >= 0.3 is 0 Å². The minimum atomic E-state index is 0.217. The van der Waals surface area contributed by atoms with Crippen molar-refractivity contribution in [2.24, 2.45) is 17.1 Å². The molecule has 1 amide bonds. The van der Waals surface area contributed by atoms with Crippen molar-refractivity contribution in [3.8, 4) is 0 Å². The molecule has 0 aliphatic carbocycles. The molecule has 0 bridgehead atoms. The first-order valence-electron chi connectivity index (χ1n) is 7.73. The van der Waals surface area contributed by atoms with Gasteiger partial charge in [0.1, 0.15) is 0 Å². The van der Waals surface area contributed by atoms with Crippen molar-refractivity contribution in [1.82, 2.24) is 4.90 Å². The lowest BCUT2D eigenvalue weighted by Crippen LogP contribution is -2.28. The zero-order valence-electron chi connectivity index (χ0n) is 14.1. The first-order valence-corrected chi connectivity index (χ1v) is 7.73. The minimum absolute atomic E-state index is 0.217. The van der Waals surface area contributed by atoms with Crippen LogP contribution in [0, 0.1) is 11.3 Å². The highest BCUT2D eigenvalue weighted by Crippen LogP contribution is 2.26. The number of carbonyl (C=O) groups excluding carboxylic acids is 1. The third-order valence-electron chi connectivity index (χ3n) is 3.59. The van der Waals surface area contributed by atoms with Crippen molar-refractivity contribution in [2.75, 3.05) is 7.05 Å². The van der Waals surface area contributed by atoms with E-state index in [0.717, 1.165) is 17.5 Å². The lowest BCUT2D eigenvalue weighted by molar-refractivity contribution is -0.131. The van der Waals surface area contributed by atoms with Crippen molar-refractivity contribution in [3.63, 3.8) is 0 Å². The van der Waals surface area contributed by atoms with Gasteiger partial charge in [-0.15, -0.1) is 0 Å². The fraction of sp³-hybridized carbons (Fsp3) is 0.611. The number of benzene rings is 1. The molecule has 0 aliphatic rings. The number of nitrogens with zero attached hydrogens (tertiary/aromatic N) is 1. The molecule has 0 aromatic heterocycles. The molecule has 1 rings (SSSR count). The Morgan fingerprint density at radius 3 is 2.19 bits per heavy atom. The van der Waals surface area contributed by atoms with Crippen LogP contribution in [0.2, 0.25) is 0 Å². The highest BCUT2D eigenvalue weighted by atomic mass is 16.2. The normalized spacial score (nSPS) is 13.0. The van der Waals surface area contributed by atoms with E-state index in [9.17, 15) is 4.79 Å². The Labute approximate surface area is 129 Å². The fourth-order valence-electron chi connectivity index (χ4n) is 2.71. The van der Waals surface area contributed by atoms with Gasteiger partial charge in [-0.2, -0.15) is 0 Å². The van der Waals surface area contributed by atoms with Crippen LogP contribution in [0.15, 0.2) is 24.3 Å². The summed E-state index contributed by atoms with van der Waals surface area (Å²) in [7, 11) is 1.88. The molecule has 0 saturated heterocycles. The van der Waals surface area contributed by atoms with E-state index in [4.69, 9.17) is 5.73 Å². The van der Waals surface area contributed by atoms with Crippen molar-refractivity contribution >= 4 is 5.91 Å². The predicted octanol–water partition coefficient (Wildman–Crippen LogP) is 3.57. The second kappa shape index (κ2) is 7.60. The number of amides is 1. The molecule has 1 unspecified atom stereocenters. The number of rotatable bonds is 6. The molecule has 2 N–H and O–H groups in total. The fourth-order valence-corrected chi connectivity index (χ4v) is 2.71. The molecule has 1 aromatic carbocycles. The molecule has 0 aliphatic heterocycles. The standard InChI is InChI=1S/C18H30N2O/c1-14(11-18(2,3)4)10-17(21)20(5)13-16-8-6-15(12-19)7-9-16/h6-9,14H,10-13,19H2,1-5H3. The molecule has 21 heavy (non-hydrogen) atoms. The van der Waals surface area contributed by atoms with Gasteiger partial charge in [-0.3, -0.25) is 4.79 Å². The van der Waals surface area contributed by atoms with E-state index in [1.54, 1.807) is 0 Å². The van der Waals surface area contributed by atoms with Crippen molar-refractivity contribution in [3.05, 3.63) is 35.4 Å². The summed E-state index contributed by atoms with van der Waals surface area (Å²) in [6.07, 6.45) is 1.69. The SMILES string of the molecule is CC(CC(=O)N(C)Cc1ccc(CN)cc1)CC(C)(C)C. The van der Waals surface area contributed by atoms with Crippen LogP contribution < -0.4 is 5.73 Å². The zero-order valence-corrected chi connectivity index (χ0v) is 14.1. The van der Waals surface area contributed by atoms with E-state index in [0.29, 0.717) is 25.4 Å². The van der Waals surface area contributed by atoms with Gasteiger partial charge in [0.25, 0.3) is 0 Å². The number of hydrogen-bond donors (Lipinski definition) is 1. The van der Waals surface area contributed by atoms with Gasteiger partial charge in [0, 0.05) is 26.6 Å². The summed E-state index contributed by atoms with van der Waals surface area (Å²) < 4.78 is 0. The van der Waals surface area contributed by atoms with Crippen molar-refractivity contribution < 1.29 is 4.79 Å². The monoisotopic (exact) mass is 290 g/mol. The lowest BCUT2D eigenvalue weighted by atomic mass is 9.84. The van der Waals surface area contributed by atoms with Crippen LogP contribution in [0.5, 0.6) is 0 Å². The summed E-state index contributed by atoms with van der Waals surface area (Å²) >= 11 is 0. The molecule has 0 radical (unpaired) electrons. The third kappa shape index (κ3) is 6.76. The molecule has 0 saturated carbocycles. The Bertz CT molecular complexity index is 445. The lowest BCUT2D eigenvalue weighted by Gasteiger charge is -2.25. The quantitative estimate of drug-likeness (QED) is 0.870. The molecule has 0 fully saturated rings. The summed E-state index contributed by atoms with van der Waals surface area (Å²) in [6, 6.07) is 8.14. The smallest absolute Gasteiger partial charge is 0.222 e. The summed E-state index contributed by atoms with van der Waals surface area (Å²) in [4.78, 5) is 14.1. The van der Waals surface area contributed by atoms with E-state index in [1.165, 1.54) is 0 Å². The Morgan fingerprint density at radius 2 is 1.71 bits per heavy atom. The maximum absolute atomic E-state index is 12.3. The van der Waals surface area contributed by atoms with Gasteiger partial charge in [-0.05, 0) is 28.9 Å². The second-order valence-electron chi connectivity index (χ2n) is 7.34. The second-order valence-corrected chi connectivity index (χ2v) is 7.34. The van der Waals surface area contributed by atoms with Crippen LogP contribution in [0.25, 0.3) is 0 Å². The number of carbonyl (C=O) groups is 1. The Hall–Kier alpha value is -1.35. The van der Waals surface area contributed by atoms with Gasteiger partial charge in [0.05, 0.1) is 0 Å². The maximum atomic E-state index is 12.3. The van der Waals surface area contributed by atoms with Crippen molar-refractivity contribution in [1.29, 1.82) is 0 Å². The van der Waals surface area contributed by atoms with Gasteiger partial charge in [0.15, 0.2) is 0 Å². The van der Waals surface area contributed by atoms with Crippen LogP contribution in [0.4, 0.5) is 0 Å². The first-order chi connectivity index (χ1) is 9.71. The molecule has 1 atom stereocenters. The van der Waals surface area contributed by atoms with Crippen LogP contribution in [0.1, 0.15) is 51.7 Å².